The van der Waals surface area contributed by atoms with Crippen molar-refractivity contribution in [1.29, 1.82) is 0 Å². The Morgan fingerprint density at radius 1 is 1.41 bits per heavy atom. The number of nitrogens with zero attached hydrogens (tertiary/aromatic N) is 2. The van der Waals surface area contributed by atoms with Crippen LogP contribution in [0.15, 0.2) is 12.4 Å². The van der Waals surface area contributed by atoms with Crippen LogP contribution in [0.25, 0.3) is 0 Å². The van der Waals surface area contributed by atoms with Crippen molar-refractivity contribution >= 4 is 33.2 Å². The molecule has 17 heavy (non-hydrogen) atoms. The molecule has 0 bridgehead atoms. The van der Waals surface area contributed by atoms with E-state index in [0.717, 1.165) is 0 Å². The lowest BCUT2D eigenvalue weighted by molar-refractivity contribution is -0.119. The number of rotatable bonds is 2. The molecule has 1 aromatic heterocycles. The molecule has 1 amide bonds. The second-order valence-electron chi connectivity index (χ2n) is 3.81. The molecule has 1 N–H and O–H groups in total. The predicted octanol–water partition coefficient (Wildman–Crippen LogP) is 0.503. The van der Waals surface area contributed by atoms with Gasteiger partial charge in [0.05, 0.1) is 29.8 Å². The number of amides is 1. The summed E-state index contributed by atoms with van der Waals surface area (Å²) < 4.78 is 22.4. The SMILES string of the molecule is O=C(Nc1cnc(Cl)cn1)C1CCS(=O)(=O)C1. The zero-order valence-electron chi connectivity index (χ0n) is 8.76. The van der Waals surface area contributed by atoms with Crippen LogP contribution in [-0.4, -0.2) is 35.8 Å². The molecule has 1 atom stereocenters. The fraction of sp³-hybridized carbons (Fsp3) is 0.444. The van der Waals surface area contributed by atoms with Crippen LogP contribution in [0.5, 0.6) is 0 Å². The number of nitrogens with one attached hydrogen (secondary N) is 1. The fourth-order valence-corrected chi connectivity index (χ4v) is 3.45. The first-order valence-corrected chi connectivity index (χ1v) is 7.15. The van der Waals surface area contributed by atoms with Crippen LogP contribution in [0.4, 0.5) is 5.82 Å². The third-order valence-corrected chi connectivity index (χ3v) is 4.44. The Labute approximate surface area is 103 Å². The van der Waals surface area contributed by atoms with Crippen molar-refractivity contribution in [1.82, 2.24) is 9.97 Å². The highest BCUT2D eigenvalue weighted by Crippen LogP contribution is 2.19. The molecular formula is C9H10ClN3O3S. The van der Waals surface area contributed by atoms with Crippen LogP contribution >= 0.6 is 11.6 Å². The van der Waals surface area contributed by atoms with Crippen LogP contribution in [0.2, 0.25) is 5.15 Å². The molecule has 1 saturated heterocycles. The summed E-state index contributed by atoms with van der Waals surface area (Å²) in [5.41, 5.74) is 0. The quantitative estimate of drug-likeness (QED) is 0.849. The van der Waals surface area contributed by atoms with Crippen molar-refractivity contribution < 1.29 is 13.2 Å². The van der Waals surface area contributed by atoms with E-state index < -0.39 is 15.8 Å². The van der Waals surface area contributed by atoms with Gasteiger partial charge >= 0.3 is 0 Å². The highest BCUT2D eigenvalue weighted by atomic mass is 35.5. The number of carbonyl (C=O) groups excluding carboxylic acids is 1. The average Bonchev–Trinajstić information content (AvgIpc) is 2.62. The van der Waals surface area contributed by atoms with E-state index in [4.69, 9.17) is 11.6 Å². The van der Waals surface area contributed by atoms with E-state index in [9.17, 15) is 13.2 Å². The van der Waals surface area contributed by atoms with Gasteiger partial charge in [0, 0.05) is 0 Å². The summed E-state index contributed by atoms with van der Waals surface area (Å²) in [5, 5.41) is 2.74. The molecule has 0 radical (unpaired) electrons. The van der Waals surface area contributed by atoms with Crippen LogP contribution in [0.1, 0.15) is 6.42 Å². The number of hydrogen-bond donors (Lipinski definition) is 1. The molecule has 92 valence electrons. The van der Waals surface area contributed by atoms with E-state index in [1.165, 1.54) is 12.4 Å². The lowest BCUT2D eigenvalue weighted by Crippen LogP contribution is -2.24. The number of aromatic nitrogens is 2. The Balaban J connectivity index is 2.01. The predicted molar refractivity (Wildman–Crippen MR) is 62.4 cm³/mol. The van der Waals surface area contributed by atoms with E-state index >= 15 is 0 Å². The highest BCUT2D eigenvalue weighted by Gasteiger charge is 2.33. The minimum Gasteiger partial charge on any atom is -0.309 e. The summed E-state index contributed by atoms with van der Waals surface area (Å²) in [6.45, 7) is 0. The Morgan fingerprint density at radius 2 is 2.18 bits per heavy atom. The van der Waals surface area contributed by atoms with Crippen molar-refractivity contribution in [2.75, 3.05) is 16.8 Å². The van der Waals surface area contributed by atoms with E-state index in [2.05, 4.69) is 15.3 Å². The van der Waals surface area contributed by atoms with E-state index in [-0.39, 0.29) is 28.4 Å². The van der Waals surface area contributed by atoms with Gasteiger partial charge in [-0.1, -0.05) is 11.6 Å². The Hall–Kier alpha value is -1.21. The molecule has 1 fully saturated rings. The van der Waals surface area contributed by atoms with Gasteiger partial charge in [-0.05, 0) is 6.42 Å². The standard InChI is InChI=1S/C9H10ClN3O3S/c10-7-3-12-8(4-11-7)13-9(14)6-1-2-17(15,16)5-6/h3-4,6H,1-2,5H2,(H,12,13,14). The summed E-state index contributed by atoms with van der Waals surface area (Å²) >= 11 is 5.55. The molecule has 6 nitrogen and oxygen atoms in total. The van der Waals surface area contributed by atoms with Gasteiger partial charge in [0.2, 0.25) is 5.91 Å². The highest BCUT2D eigenvalue weighted by molar-refractivity contribution is 7.91. The van der Waals surface area contributed by atoms with Crippen LogP contribution in [-0.2, 0) is 14.6 Å². The zero-order valence-corrected chi connectivity index (χ0v) is 10.3. The fourth-order valence-electron chi connectivity index (χ4n) is 1.61. The third-order valence-electron chi connectivity index (χ3n) is 2.47. The van der Waals surface area contributed by atoms with Gasteiger partial charge in [-0.2, -0.15) is 0 Å². The molecular weight excluding hydrogens is 266 g/mol. The van der Waals surface area contributed by atoms with Crippen molar-refractivity contribution in [3.05, 3.63) is 17.5 Å². The average molecular weight is 276 g/mol. The van der Waals surface area contributed by atoms with Gasteiger partial charge in [0.25, 0.3) is 0 Å². The van der Waals surface area contributed by atoms with Crippen molar-refractivity contribution in [3.8, 4) is 0 Å². The van der Waals surface area contributed by atoms with E-state index in [0.29, 0.717) is 6.42 Å². The first-order chi connectivity index (χ1) is 7.96. The minimum absolute atomic E-state index is 0.0668. The number of sulfone groups is 1. The van der Waals surface area contributed by atoms with E-state index in [1.54, 1.807) is 0 Å². The van der Waals surface area contributed by atoms with Crippen LogP contribution in [0, 0.1) is 5.92 Å². The van der Waals surface area contributed by atoms with Crippen LogP contribution < -0.4 is 5.32 Å². The lowest BCUT2D eigenvalue weighted by Gasteiger charge is -2.07. The normalized spacial score (nSPS) is 22.3. The monoisotopic (exact) mass is 275 g/mol. The summed E-state index contributed by atoms with van der Waals surface area (Å²) in [6.07, 6.45) is 2.99. The minimum atomic E-state index is -3.06. The number of carbonyl (C=O) groups is 1. The molecule has 1 unspecified atom stereocenters. The van der Waals surface area contributed by atoms with E-state index in [1.807, 2.05) is 0 Å². The van der Waals surface area contributed by atoms with Crippen molar-refractivity contribution in [3.63, 3.8) is 0 Å². The van der Waals surface area contributed by atoms with Gasteiger partial charge in [-0.15, -0.1) is 0 Å². The Bertz CT molecular complexity index is 529. The first-order valence-electron chi connectivity index (χ1n) is 4.95. The molecule has 0 aromatic carbocycles. The van der Waals surface area contributed by atoms with Gasteiger partial charge in [-0.3, -0.25) is 4.79 Å². The molecule has 8 heteroatoms. The molecule has 0 aliphatic carbocycles. The van der Waals surface area contributed by atoms with Gasteiger partial charge < -0.3 is 5.32 Å². The van der Waals surface area contributed by atoms with Gasteiger partial charge in [0.15, 0.2) is 15.7 Å². The number of anilines is 1. The second kappa shape index (κ2) is 4.58. The van der Waals surface area contributed by atoms with Crippen molar-refractivity contribution in [2.45, 2.75) is 6.42 Å². The molecule has 1 aromatic rings. The van der Waals surface area contributed by atoms with Crippen LogP contribution in [0.3, 0.4) is 0 Å². The molecule has 1 aliphatic heterocycles. The first kappa shape index (κ1) is 12.3. The molecule has 1 aliphatic rings. The summed E-state index contributed by atoms with van der Waals surface area (Å²) in [4.78, 5) is 19.3. The molecule has 2 rings (SSSR count). The number of hydrogen-bond acceptors (Lipinski definition) is 5. The Kier molecular flexibility index (Phi) is 3.30. The summed E-state index contributed by atoms with van der Waals surface area (Å²) in [7, 11) is -3.06. The molecule has 0 spiro atoms. The van der Waals surface area contributed by atoms with Crippen molar-refractivity contribution in [2.24, 2.45) is 5.92 Å². The largest absolute Gasteiger partial charge is 0.309 e. The maximum atomic E-state index is 11.7. The maximum absolute atomic E-state index is 11.7. The number of halogens is 1. The summed E-state index contributed by atoms with van der Waals surface area (Å²) in [6, 6.07) is 0. The smallest absolute Gasteiger partial charge is 0.229 e. The molecule has 2 heterocycles. The lowest BCUT2D eigenvalue weighted by atomic mass is 10.1. The third kappa shape index (κ3) is 3.13. The maximum Gasteiger partial charge on any atom is 0.229 e. The Morgan fingerprint density at radius 3 is 2.71 bits per heavy atom. The topological polar surface area (TPSA) is 89.0 Å². The van der Waals surface area contributed by atoms with Gasteiger partial charge in [0.1, 0.15) is 5.15 Å². The summed E-state index contributed by atoms with van der Waals surface area (Å²) in [5.74, 6) is -0.610. The zero-order chi connectivity index (χ0) is 12.5. The van der Waals surface area contributed by atoms with Gasteiger partial charge in [-0.25, -0.2) is 18.4 Å². The second-order valence-corrected chi connectivity index (χ2v) is 6.43. The molecule has 0 saturated carbocycles.